The number of nitrogens with one attached hydrogen (secondary N) is 2. The van der Waals surface area contributed by atoms with Gasteiger partial charge in [-0.2, -0.15) is 0 Å². The molecule has 0 spiro atoms. The summed E-state index contributed by atoms with van der Waals surface area (Å²) in [4.78, 5) is 26.0. The highest BCUT2D eigenvalue weighted by atomic mass is 35.5. The number of carbonyl (C=O) groups is 2. The zero-order valence-electron chi connectivity index (χ0n) is 15.1. The molecule has 0 saturated carbocycles. The number of rotatable bonds is 7. The molecule has 2 N–H and O–H groups in total. The summed E-state index contributed by atoms with van der Waals surface area (Å²) in [6.07, 6.45) is 0.241. The van der Waals surface area contributed by atoms with Gasteiger partial charge in [0, 0.05) is 30.4 Å². The molecule has 0 aliphatic carbocycles. The first-order chi connectivity index (χ1) is 13.4. The molecule has 3 rings (SSSR count). The van der Waals surface area contributed by atoms with E-state index in [1.54, 1.807) is 48.3 Å². The Kier molecular flexibility index (Phi) is 6.61. The summed E-state index contributed by atoms with van der Waals surface area (Å²) in [5.74, 6) is 0.896. The van der Waals surface area contributed by atoms with Crippen LogP contribution < -0.4 is 20.1 Å². The molecule has 2 aromatic rings. The Hall–Kier alpha value is -2.48. The molecule has 148 valence electrons. The predicted octanol–water partition coefficient (Wildman–Crippen LogP) is 3.62. The van der Waals surface area contributed by atoms with Gasteiger partial charge in [-0.15, -0.1) is 0 Å². The number of likely N-dealkylation sites (N-methyl/N-ethyl adjacent to an activating group) is 1. The van der Waals surface area contributed by atoms with Gasteiger partial charge in [-0.1, -0.05) is 23.2 Å². The lowest BCUT2D eigenvalue weighted by Gasteiger charge is -2.16. The summed E-state index contributed by atoms with van der Waals surface area (Å²) in [5, 5.41) is 6.34. The highest BCUT2D eigenvalue weighted by Crippen LogP contribution is 2.34. The molecule has 0 fully saturated rings. The molecular weight excluding hydrogens is 405 g/mol. The molecule has 9 heteroatoms. The van der Waals surface area contributed by atoms with Crippen LogP contribution in [0.1, 0.15) is 6.42 Å². The van der Waals surface area contributed by atoms with Crippen LogP contribution in [0.15, 0.2) is 36.4 Å². The topological polar surface area (TPSA) is 79.9 Å². The van der Waals surface area contributed by atoms with Crippen molar-refractivity contribution >= 4 is 46.4 Å². The fourth-order valence-corrected chi connectivity index (χ4v) is 2.89. The number of carbonyl (C=O) groups excluding carboxylic acids is 2. The van der Waals surface area contributed by atoms with Crippen LogP contribution in [0, 0.1) is 0 Å². The van der Waals surface area contributed by atoms with Crippen LogP contribution in [0.5, 0.6) is 11.5 Å². The lowest BCUT2D eigenvalue weighted by Crippen LogP contribution is -2.32. The Morgan fingerprint density at radius 3 is 2.43 bits per heavy atom. The Labute approximate surface area is 172 Å². The van der Waals surface area contributed by atoms with E-state index < -0.39 is 0 Å². The minimum absolute atomic E-state index is 0.136. The monoisotopic (exact) mass is 423 g/mol. The summed E-state index contributed by atoms with van der Waals surface area (Å²) in [5.41, 5.74) is 1.20. The first-order valence-electron chi connectivity index (χ1n) is 8.53. The van der Waals surface area contributed by atoms with Gasteiger partial charge in [-0.3, -0.25) is 14.5 Å². The third kappa shape index (κ3) is 5.51. The second kappa shape index (κ2) is 9.14. The number of nitrogens with zero attached hydrogens (tertiary/aromatic N) is 1. The van der Waals surface area contributed by atoms with E-state index in [1.807, 2.05) is 0 Å². The minimum atomic E-state index is -0.211. The Morgan fingerprint density at radius 2 is 1.64 bits per heavy atom. The summed E-state index contributed by atoms with van der Waals surface area (Å²) >= 11 is 11.8. The molecule has 0 atom stereocenters. The first kappa shape index (κ1) is 20.3. The van der Waals surface area contributed by atoms with Gasteiger partial charge in [0.2, 0.25) is 18.6 Å². The Balaban J connectivity index is 1.41. The molecule has 0 saturated heterocycles. The maximum atomic E-state index is 12.1. The molecule has 1 aliphatic rings. The van der Waals surface area contributed by atoms with Gasteiger partial charge >= 0.3 is 0 Å². The summed E-state index contributed by atoms with van der Waals surface area (Å²) in [6.45, 7) is 0.741. The molecule has 0 bridgehead atoms. The fraction of sp³-hybridized carbons (Fsp3) is 0.263. The van der Waals surface area contributed by atoms with E-state index >= 15 is 0 Å². The number of anilines is 2. The molecule has 2 aromatic carbocycles. The quantitative estimate of drug-likeness (QED) is 0.710. The van der Waals surface area contributed by atoms with E-state index in [2.05, 4.69) is 10.6 Å². The lowest BCUT2D eigenvalue weighted by molar-refractivity contribution is -0.119. The predicted molar refractivity (Wildman–Crippen MR) is 108 cm³/mol. The van der Waals surface area contributed by atoms with Crippen molar-refractivity contribution in [2.24, 2.45) is 0 Å². The molecule has 0 aromatic heterocycles. The van der Waals surface area contributed by atoms with Gasteiger partial charge in [0.1, 0.15) is 0 Å². The van der Waals surface area contributed by atoms with Crippen LogP contribution in [0.25, 0.3) is 0 Å². The number of benzene rings is 2. The summed E-state index contributed by atoms with van der Waals surface area (Å²) in [6, 6.07) is 10.1. The fourth-order valence-electron chi connectivity index (χ4n) is 2.59. The maximum Gasteiger partial charge on any atom is 0.238 e. The van der Waals surface area contributed by atoms with Gasteiger partial charge in [0.15, 0.2) is 11.5 Å². The van der Waals surface area contributed by atoms with E-state index in [1.165, 1.54) is 0 Å². The summed E-state index contributed by atoms with van der Waals surface area (Å²) < 4.78 is 10.5. The van der Waals surface area contributed by atoms with Crippen LogP contribution in [-0.2, 0) is 9.59 Å². The van der Waals surface area contributed by atoms with Crippen molar-refractivity contribution in [1.29, 1.82) is 0 Å². The van der Waals surface area contributed by atoms with Crippen molar-refractivity contribution in [2.45, 2.75) is 6.42 Å². The van der Waals surface area contributed by atoms with Gasteiger partial charge in [-0.25, -0.2) is 0 Å². The zero-order valence-corrected chi connectivity index (χ0v) is 16.6. The van der Waals surface area contributed by atoms with Crippen molar-refractivity contribution in [1.82, 2.24) is 4.90 Å². The third-order valence-electron chi connectivity index (χ3n) is 3.99. The van der Waals surface area contributed by atoms with Crippen molar-refractivity contribution in [3.63, 3.8) is 0 Å². The second-order valence-electron chi connectivity index (χ2n) is 6.28. The zero-order chi connectivity index (χ0) is 20.1. The van der Waals surface area contributed by atoms with Gasteiger partial charge < -0.3 is 20.1 Å². The first-order valence-corrected chi connectivity index (χ1v) is 9.29. The maximum absolute atomic E-state index is 12.1. The molecular formula is C19H19Cl2N3O4. The van der Waals surface area contributed by atoms with Crippen molar-refractivity contribution in [3.8, 4) is 11.5 Å². The number of ether oxygens (including phenoxy) is 2. The van der Waals surface area contributed by atoms with Crippen LogP contribution >= 0.6 is 23.2 Å². The molecule has 28 heavy (non-hydrogen) atoms. The van der Waals surface area contributed by atoms with Crippen LogP contribution in [-0.4, -0.2) is 43.6 Å². The van der Waals surface area contributed by atoms with E-state index in [0.717, 1.165) is 0 Å². The SMILES string of the molecule is CN(CCC(=O)Nc1ccc2c(c1)OCO2)CC(=O)Nc1ccc(Cl)c(Cl)c1. The average Bonchev–Trinajstić information content (AvgIpc) is 3.11. The normalized spacial score (nSPS) is 12.1. The standard InChI is InChI=1S/C19H19Cl2N3O4/c1-24(10-19(26)23-12-2-4-14(20)15(21)8-12)7-6-18(25)22-13-3-5-16-17(9-13)28-11-27-16/h2-5,8-9H,6-7,10-11H2,1H3,(H,22,25)(H,23,26). The van der Waals surface area contributed by atoms with Crippen LogP contribution in [0.3, 0.4) is 0 Å². The van der Waals surface area contributed by atoms with E-state index in [-0.39, 0.29) is 31.6 Å². The molecule has 2 amide bonds. The largest absolute Gasteiger partial charge is 0.454 e. The number of fused-ring (bicyclic) bond motifs is 1. The van der Waals surface area contributed by atoms with Crippen molar-refractivity contribution in [2.75, 3.05) is 37.6 Å². The highest BCUT2D eigenvalue weighted by molar-refractivity contribution is 6.42. The van der Waals surface area contributed by atoms with E-state index in [9.17, 15) is 9.59 Å². The lowest BCUT2D eigenvalue weighted by atomic mass is 10.2. The van der Waals surface area contributed by atoms with Gasteiger partial charge in [0.25, 0.3) is 0 Å². The smallest absolute Gasteiger partial charge is 0.238 e. The molecule has 0 radical (unpaired) electrons. The molecule has 1 heterocycles. The van der Waals surface area contributed by atoms with Gasteiger partial charge in [-0.05, 0) is 37.4 Å². The molecule has 0 unspecified atom stereocenters. The minimum Gasteiger partial charge on any atom is -0.454 e. The highest BCUT2D eigenvalue weighted by Gasteiger charge is 2.15. The van der Waals surface area contributed by atoms with Gasteiger partial charge in [0.05, 0.1) is 16.6 Å². The van der Waals surface area contributed by atoms with E-state index in [4.69, 9.17) is 32.7 Å². The molecule has 1 aliphatic heterocycles. The third-order valence-corrected chi connectivity index (χ3v) is 4.73. The Morgan fingerprint density at radius 1 is 0.964 bits per heavy atom. The average molecular weight is 424 g/mol. The number of hydrogen-bond acceptors (Lipinski definition) is 5. The molecule has 7 nitrogen and oxygen atoms in total. The number of halogens is 2. The number of amides is 2. The number of hydrogen-bond donors (Lipinski definition) is 2. The van der Waals surface area contributed by atoms with Crippen molar-refractivity contribution < 1.29 is 19.1 Å². The summed E-state index contributed by atoms with van der Waals surface area (Å²) in [7, 11) is 1.77. The van der Waals surface area contributed by atoms with E-state index in [0.29, 0.717) is 39.5 Å². The van der Waals surface area contributed by atoms with Crippen LogP contribution in [0.2, 0.25) is 10.0 Å². The van der Waals surface area contributed by atoms with Crippen molar-refractivity contribution in [3.05, 3.63) is 46.4 Å². The Bertz CT molecular complexity index is 891. The second-order valence-corrected chi connectivity index (χ2v) is 7.10. The van der Waals surface area contributed by atoms with Crippen LogP contribution in [0.4, 0.5) is 11.4 Å².